The quantitative estimate of drug-likeness (QED) is 0.705. The SMILES string of the molecule is CC(C)(C)c1ccc(S(=O)(=O)Cl)s1. The maximum absolute atomic E-state index is 10.9. The summed E-state index contributed by atoms with van der Waals surface area (Å²) in [5, 5.41) is 0. The fraction of sp³-hybridized carbons (Fsp3) is 0.500. The Hall–Kier alpha value is -0.0600. The van der Waals surface area contributed by atoms with Gasteiger partial charge < -0.3 is 0 Å². The summed E-state index contributed by atoms with van der Waals surface area (Å²) in [7, 11) is 1.65. The number of thiophene rings is 1. The number of halogens is 1. The highest BCUT2D eigenvalue weighted by Gasteiger charge is 2.20. The van der Waals surface area contributed by atoms with Gasteiger partial charge in [-0.05, 0) is 17.5 Å². The van der Waals surface area contributed by atoms with Crippen molar-refractivity contribution >= 4 is 31.1 Å². The summed E-state index contributed by atoms with van der Waals surface area (Å²) in [6.45, 7) is 6.09. The normalized spacial score (nSPS) is 13.2. The molecule has 0 amide bonds. The number of hydrogen-bond donors (Lipinski definition) is 0. The molecule has 1 aromatic heterocycles. The summed E-state index contributed by atoms with van der Waals surface area (Å²) in [4.78, 5) is 1.02. The van der Waals surface area contributed by atoms with Crippen molar-refractivity contribution in [3.8, 4) is 0 Å². The zero-order valence-electron chi connectivity index (χ0n) is 7.67. The van der Waals surface area contributed by atoms with E-state index in [4.69, 9.17) is 10.7 Å². The third-order valence-electron chi connectivity index (χ3n) is 1.56. The lowest BCUT2D eigenvalue weighted by molar-refractivity contribution is 0.604. The molecule has 0 unspecified atom stereocenters. The third kappa shape index (κ3) is 2.69. The Labute approximate surface area is 87.0 Å². The molecule has 1 heterocycles. The Morgan fingerprint density at radius 1 is 1.31 bits per heavy atom. The van der Waals surface area contributed by atoms with E-state index in [2.05, 4.69) is 0 Å². The van der Waals surface area contributed by atoms with Crippen LogP contribution in [0.3, 0.4) is 0 Å². The highest BCUT2D eigenvalue weighted by Crippen LogP contribution is 2.32. The first kappa shape index (κ1) is 11.0. The van der Waals surface area contributed by atoms with E-state index in [0.29, 0.717) is 0 Å². The molecule has 0 saturated carbocycles. The molecular weight excluding hydrogens is 228 g/mol. The topological polar surface area (TPSA) is 34.1 Å². The van der Waals surface area contributed by atoms with Crippen LogP contribution in [0.25, 0.3) is 0 Å². The molecule has 1 aromatic rings. The first-order valence-electron chi connectivity index (χ1n) is 3.76. The summed E-state index contributed by atoms with van der Waals surface area (Å²) >= 11 is 1.23. The van der Waals surface area contributed by atoms with Gasteiger partial charge in [0.2, 0.25) is 0 Å². The van der Waals surface area contributed by atoms with Gasteiger partial charge >= 0.3 is 0 Å². The molecule has 0 saturated heterocycles. The lowest BCUT2D eigenvalue weighted by atomic mass is 9.95. The zero-order chi connectivity index (χ0) is 10.3. The van der Waals surface area contributed by atoms with Gasteiger partial charge in [0.1, 0.15) is 4.21 Å². The van der Waals surface area contributed by atoms with Gasteiger partial charge in [-0.1, -0.05) is 20.8 Å². The molecule has 0 spiro atoms. The van der Waals surface area contributed by atoms with Crippen molar-refractivity contribution in [1.82, 2.24) is 0 Å². The average Bonchev–Trinajstić information content (AvgIpc) is 2.28. The van der Waals surface area contributed by atoms with Crippen molar-refractivity contribution < 1.29 is 8.42 Å². The molecule has 0 aliphatic rings. The second-order valence-corrected chi connectivity index (χ2v) is 7.68. The molecule has 0 aliphatic heterocycles. The molecule has 0 atom stereocenters. The molecule has 13 heavy (non-hydrogen) atoms. The molecule has 1 rings (SSSR count). The minimum absolute atomic E-state index is 0.0233. The summed E-state index contributed by atoms with van der Waals surface area (Å²) in [6, 6.07) is 3.35. The van der Waals surface area contributed by atoms with E-state index in [1.165, 1.54) is 11.3 Å². The number of hydrogen-bond acceptors (Lipinski definition) is 3. The minimum atomic E-state index is -3.55. The fourth-order valence-corrected chi connectivity index (χ4v) is 2.99. The van der Waals surface area contributed by atoms with E-state index in [-0.39, 0.29) is 9.62 Å². The van der Waals surface area contributed by atoms with Gasteiger partial charge in [0.25, 0.3) is 9.05 Å². The molecule has 0 bridgehead atoms. The summed E-state index contributed by atoms with van der Waals surface area (Å²) in [6.07, 6.45) is 0. The standard InChI is InChI=1S/C8H11ClO2S2/c1-8(2,3)6-4-5-7(12-6)13(9,10)11/h4-5H,1-3H3. The summed E-state index contributed by atoms with van der Waals surface area (Å²) in [5.41, 5.74) is -0.0233. The highest BCUT2D eigenvalue weighted by atomic mass is 35.7. The Morgan fingerprint density at radius 2 is 1.85 bits per heavy atom. The lowest BCUT2D eigenvalue weighted by Gasteiger charge is -2.14. The van der Waals surface area contributed by atoms with Crippen molar-refractivity contribution in [3.63, 3.8) is 0 Å². The van der Waals surface area contributed by atoms with Crippen LogP contribution < -0.4 is 0 Å². The van der Waals surface area contributed by atoms with Crippen LogP contribution >= 0.6 is 22.0 Å². The Bertz CT molecular complexity index is 398. The van der Waals surface area contributed by atoms with Crippen molar-refractivity contribution in [1.29, 1.82) is 0 Å². The Morgan fingerprint density at radius 3 is 2.08 bits per heavy atom. The number of rotatable bonds is 1. The van der Waals surface area contributed by atoms with Crippen molar-refractivity contribution in [3.05, 3.63) is 17.0 Å². The van der Waals surface area contributed by atoms with Crippen LogP contribution in [0.2, 0.25) is 0 Å². The van der Waals surface area contributed by atoms with E-state index in [1.807, 2.05) is 20.8 Å². The second kappa shape index (κ2) is 3.26. The Kier molecular flexibility index (Phi) is 2.76. The van der Waals surface area contributed by atoms with Gasteiger partial charge in [-0.15, -0.1) is 11.3 Å². The zero-order valence-corrected chi connectivity index (χ0v) is 10.1. The maximum Gasteiger partial charge on any atom is 0.270 e. The van der Waals surface area contributed by atoms with Crippen LogP contribution in [0, 0.1) is 0 Å². The average molecular weight is 239 g/mol. The van der Waals surface area contributed by atoms with E-state index < -0.39 is 9.05 Å². The molecule has 74 valence electrons. The van der Waals surface area contributed by atoms with Crippen LogP contribution in [0.15, 0.2) is 16.3 Å². The predicted molar refractivity (Wildman–Crippen MR) is 56.1 cm³/mol. The molecule has 0 fully saturated rings. The van der Waals surface area contributed by atoms with E-state index in [9.17, 15) is 8.42 Å². The lowest BCUT2D eigenvalue weighted by Crippen LogP contribution is -2.07. The molecule has 2 nitrogen and oxygen atoms in total. The molecular formula is C8H11ClO2S2. The molecule has 5 heteroatoms. The smallest absolute Gasteiger partial charge is 0.206 e. The first-order valence-corrected chi connectivity index (χ1v) is 6.89. The van der Waals surface area contributed by atoms with Gasteiger partial charge in [-0.2, -0.15) is 0 Å². The molecule has 0 N–H and O–H groups in total. The maximum atomic E-state index is 10.9. The summed E-state index contributed by atoms with van der Waals surface area (Å²) in [5.74, 6) is 0. The van der Waals surface area contributed by atoms with Crippen molar-refractivity contribution in [2.24, 2.45) is 0 Å². The van der Waals surface area contributed by atoms with Crippen LogP contribution in [-0.4, -0.2) is 8.42 Å². The fourth-order valence-electron chi connectivity index (χ4n) is 0.854. The largest absolute Gasteiger partial charge is 0.270 e. The van der Waals surface area contributed by atoms with E-state index in [1.54, 1.807) is 12.1 Å². The van der Waals surface area contributed by atoms with Crippen LogP contribution in [0.4, 0.5) is 0 Å². The first-order chi connectivity index (χ1) is 5.71. The molecule has 0 radical (unpaired) electrons. The van der Waals surface area contributed by atoms with Crippen LogP contribution in [0.5, 0.6) is 0 Å². The van der Waals surface area contributed by atoms with Crippen molar-refractivity contribution in [2.45, 2.75) is 30.4 Å². The minimum Gasteiger partial charge on any atom is -0.206 e. The van der Waals surface area contributed by atoms with Gasteiger partial charge in [-0.25, -0.2) is 8.42 Å². The second-order valence-electron chi connectivity index (χ2n) is 3.81. The third-order valence-corrected chi connectivity index (χ3v) is 5.16. The van der Waals surface area contributed by atoms with Crippen molar-refractivity contribution in [2.75, 3.05) is 0 Å². The van der Waals surface area contributed by atoms with Gasteiger partial charge in [0.05, 0.1) is 0 Å². The van der Waals surface area contributed by atoms with Gasteiger partial charge in [-0.3, -0.25) is 0 Å². The molecule has 0 aliphatic carbocycles. The highest BCUT2D eigenvalue weighted by molar-refractivity contribution is 8.15. The van der Waals surface area contributed by atoms with Crippen LogP contribution in [-0.2, 0) is 14.5 Å². The van der Waals surface area contributed by atoms with Crippen LogP contribution in [0.1, 0.15) is 25.6 Å². The van der Waals surface area contributed by atoms with Gasteiger partial charge in [0, 0.05) is 15.6 Å². The summed E-state index contributed by atoms with van der Waals surface area (Å²) < 4.78 is 22.1. The monoisotopic (exact) mass is 238 g/mol. The van der Waals surface area contributed by atoms with E-state index >= 15 is 0 Å². The predicted octanol–water partition coefficient (Wildman–Crippen LogP) is 2.97. The molecule has 0 aromatic carbocycles. The van der Waals surface area contributed by atoms with Gasteiger partial charge in [0.15, 0.2) is 0 Å². The van der Waals surface area contributed by atoms with E-state index in [0.717, 1.165) is 4.88 Å². The Balaban J connectivity index is 3.16.